The molecule has 3 aromatic rings. The van der Waals surface area contributed by atoms with Crippen LogP contribution in [0.3, 0.4) is 0 Å². The zero-order chi connectivity index (χ0) is 19.3. The summed E-state index contributed by atoms with van der Waals surface area (Å²) in [5.41, 5.74) is 3.26. The van der Waals surface area contributed by atoms with Crippen molar-refractivity contribution in [2.24, 2.45) is 0 Å². The molecule has 1 saturated heterocycles. The van der Waals surface area contributed by atoms with Gasteiger partial charge in [-0.1, -0.05) is 18.2 Å². The Morgan fingerprint density at radius 3 is 2.82 bits per heavy atom. The summed E-state index contributed by atoms with van der Waals surface area (Å²) < 4.78 is 1.92. The van der Waals surface area contributed by atoms with E-state index in [0.717, 1.165) is 55.5 Å². The number of hydrogen-bond donors (Lipinski definition) is 0. The van der Waals surface area contributed by atoms with Crippen LogP contribution in [-0.2, 0) is 17.8 Å². The number of aryl methyl sites for hydroxylation is 1. The van der Waals surface area contributed by atoms with Crippen molar-refractivity contribution in [3.05, 3.63) is 64.4 Å². The number of para-hydroxylation sites is 1. The van der Waals surface area contributed by atoms with Crippen LogP contribution in [0, 0.1) is 6.92 Å². The number of carbonyl (C=O) groups excluding carboxylic acids is 1. The number of amides is 1. The first-order valence-electron chi connectivity index (χ1n) is 9.68. The third-order valence-electron chi connectivity index (χ3n) is 5.08. The van der Waals surface area contributed by atoms with E-state index in [4.69, 9.17) is 0 Å². The van der Waals surface area contributed by atoms with Crippen LogP contribution in [-0.4, -0.2) is 56.7 Å². The predicted molar refractivity (Wildman–Crippen MR) is 111 cm³/mol. The normalized spacial score (nSPS) is 15.5. The van der Waals surface area contributed by atoms with Gasteiger partial charge in [-0.05, 0) is 31.0 Å². The van der Waals surface area contributed by atoms with Crippen molar-refractivity contribution >= 4 is 17.2 Å². The standard InChI is InChI=1S/C21H25N5OS/c1-17-23-19(16-28-17)14-21(27)25-10-5-9-24(12-13-25)15-18-6-2-3-7-20(18)26-11-4-8-22-26/h2-4,6-8,11,16H,5,9-10,12-15H2,1H3. The second-order valence-corrected chi connectivity index (χ2v) is 8.19. The molecule has 0 spiro atoms. The molecule has 146 valence electrons. The molecule has 0 N–H and O–H groups in total. The molecule has 1 aliphatic rings. The zero-order valence-corrected chi connectivity index (χ0v) is 16.9. The lowest BCUT2D eigenvalue weighted by Gasteiger charge is -2.23. The number of hydrogen-bond acceptors (Lipinski definition) is 5. The molecule has 1 fully saturated rings. The van der Waals surface area contributed by atoms with Crippen molar-refractivity contribution in [3.63, 3.8) is 0 Å². The Hall–Kier alpha value is -2.51. The van der Waals surface area contributed by atoms with Crippen molar-refractivity contribution in [1.82, 2.24) is 24.6 Å². The minimum absolute atomic E-state index is 0.184. The van der Waals surface area contributed by atoms with Crippen LogP contribution >= 0.6 is 11.3 Å². The first kappa shape index (κ1) is 18.8. The van der Waals surface area contributed by atoms with Crippen molar-refractivity contribution < 1.29 is 4.79 Å². The Bertz CT molecular complexity index is 921. The largest absolute Gasteiger partial charge is 0.341 e. The molecule has 0 atom stereocenters. The maximum atomic E-state index is 12.7. The fraction of sp³-hybridized carbons (Fsp3) is 0.381. The fourth-order valence-electron chi connectivity index (χ4n) is 3.65. The summed E-state index contributed by atoms with van der Waals surface area (Å²) in [6.07, 6.45) is 5.18. The van der Waals surface area contributed by atoms with Gasteiger partial charge in [0.15, 0.2) is 0 Å². The molecule has 0 aliphatic carbocycles. The van der Waals surface area contributed by atoms with Crippen LogP contribution in [0.2, 0.25) is 0 Å². The van der Waals surface area contributed by atoms with Gasteiger partial charge < -0.3 is 4.90 Å². The van der Waals surface area contributed by atoms with Crippen LogP contribution in [0.15, 0.2) is 48.1 Å². The van der Waals surface area contributed by atoms with Gasteiger partial charge in [0.2, 0.25) is 5.91 Å². The zero-order valence-electron chi connectivity index (χ0n) is 16.1. The second kappa shape index (κ2) is 8.67. The smallest absolute Gasteiger partial charge is 0.228 e. The van der Waals surface area contributed by atoms with E-state index in [0.29, 0.717) is 6.42 Å². The molecule has 28 heavy (non-hydrogen) atoms. The second-order valence-electron chi connectivity index (χ2n) is 7.12. The number of aromatic nitrogens is 3. The number of nitrogens with zero attached hydrogens (tertiary/aromatic N) is 5. The van der Waals surface area contributed by atoms with Gasteiger partial charge in [0.25, 0.3) is 0 Å². The summed E-state index contributed by atoms with van der Waals surface area (Å²) in [4.78, 5) is 21.5. The molecule has 4 rings (SSSR count). The minimum Gasteiger partial charge on any atom is -0.341 e. The maximum absolute atomic E-state index is 12.7. The van der Waals surface area contributed by atoms with Gasteiger partial charge in [0.1, 0.15) is 0 Å². The molecule has 0 radical (unpaired) electrons. The fourth-order valence-corrected chi connectivity index (χ4v) is 4.27. The van der Waals surface area contributed by atoms with Gasteiger partial charge in [0, 0.05) is 50.5 Å². The summed E-state index contributed by atoms with van der Waals surface area (Å²) in [7, 11) is 0. The lowest BCUT2D eigenvalue weighted by molar-refractivity contribution is -0.130. The van der Waals surface area contributed by atoms with E-state index in [-0.39, 0.29) is 5.91 Å². The third kappa shape index (κ3) is 4.48. The van der Waals surface area contributed by atoms with E-state index in [1.54, 1.807) is 17.5 Å². The molecule has 0 unspecified atom stereocenters. The lowest BCUT2D eigenvalue weighted by atomic mass is 10.1. The summed E-state index contributed by atoms with van der Waals surface area (Å²) in [5, 5.41) is 7.38. The number of carbonyl (C=O) groups is 1. The van der Waals surface area contributed by atoms with Gasteiger partial charge in [-0.25, -0.2) is 9.67 Å². The highest BCUT2D eigenvalue weighted by molar-refractivity contribution is 7.09. The average molecular weight is 396 g/mol. The molecule has 1 aromatic carbocycles. The Morgan fingerprint density at radius 2 is 2.04 bits per heavy atom. The molecule has 1 amide bonds. The summed E-state index contributed by atoms with van der Waals surface area (Å²) >= 11 is 1.60. The van der Waals surface area contributed by atoms with Crippen molar-refractivity contribution in [2.75, 3.05) is 26.2 Å². The van der Waals surface area contributed by atoms with Crippen LogP contribution < -0.4 is 0 Å². The van der Waals surface area contributed by atoms with Gasteiger partial charge in [0.05, 0.1) is 22.8 Å². The van der Waals surface area contributed by atoms with Crippen LogP contribution in [0.25, 0.3) is 5.69 Å². The number of benzene rings is 1. The molecule has 6 nitrogen and oxygen atoms in total. The first-order valence-corrected chi connectivity index (χ1v) is 10.6. The quantitative estimate of drug-likeness (QED) is 0.667. The lowest BCUT2D eigenvalue weighted by Crippen LogP contribution is -2.36. The van der Waals surface area contributed by atoms with Crippen LogP contribution in [0.5, 0.6) is 0 Å². The third-order valence-corrected chi connectivity index (χ3v) is 5.90. The highest BCUT2D eigenvalue weighted by Gasteiger charge is 2.20. The van der Waals surface area contributed by atoms with Gasteiger partial charge in [-0.15, -0.1) is 11.3 Å². The Kier molecular flexibility index (Phi) is 5.83. The van der Waals surface area contributed by atoms with E-state index in [2.05, 4.69) is 33.2 Å². The van der Waals surface area contributed by atoms with Crippen molar-refractivity contribution in [2.45, 2.75) is 26.3 Å². The first-order chi connectivity index (χ1) is 13.7. The summed E-state index contributed by atoms with van der Waals surface area (Å²) in [6.45, 7) is 6.31. The molecular weight excluding hydrogens is 370 g/mol. The molecule has 3 heterocycles. The van der Waals surface area contributed by atoms with Gasteiger partial charge in [-0.3, -0.25) is 9.69 Å². The van der Waals surface area contributed by atoms with Crippen molar-refractivity contribution in [3.8, 4) is 5.69 Å². The maximum Gasteiger partial charge on any atom is 0.228 e. The van der Waals surface area contributed by atoms with E-state index >= 15 is 0 Å². The Morgan fingerprint density at radius 1 is 1.14 bits per heavy atom. The number of rotatable bonds is 5. The van der Waals surface area contributed by atoms with Crippen LogP contribution in [0.4, 0.5) is 0 Å². The molecule has 2 aromatic heterocycles. The SMILES string of the molecule is Cc1nc(CC(=O)N2CCCN(Cc3ccccc3-n3cccn3)CC2)cs1. The summed E-state index contributed by atoms with van der Waals surface area (Å²) in [6, 6.07) is 10.3. The van der Waals surface area contributed by atoms with E-state index in [9.17, 15) is 4.79 Å². The monoisotopic (exact) mass is 395 g/mol. The van der Waals surface area contributed by atoms with E-state index < -0.39 is 0 Å². The van der Waals surface area contributed by atoms with Crippen molar-refractivity contribution in [1.29, 1.82) is 0 Å². The van der Waals surface area contributed by atoms with E-state index in [1.165, 1.54) is 5.56 Å². The number of thiazole rings is 1. The molecule has 0 saturated carbocycles. The molecular formula is C21H25N5OS. The summed E-state index contributed by atoms with van der Waals surface area (Å²) in [5.74, 6) is 0.184. The molecule has 1 aliphatic heterocycles. The molecule has 0 bridgehead atoms. The Balaban J connectivity index is 1.38. The average Bonchev–Trinajstić information content (AvgIpc) is 3.30. The Labute approximate surface area is 169 Å². The predicted octanol–water partition coefficient (Wildman–Crippen LogP) is 2.91. The minimum atomic E-state index is 0.184. The van der Waals surface area contributed by atoms with E-state index in [1.807, 2.05) is 40.2 Å². The highest BCUT2D eigenvalue weighted by Crippen LogP contribution is 2.17. The van der Waals surface area contributed by atoms with Gasteiger partial charge in [-0.2, -0.15) is 5.10 Å². The highest BCUT2D eigenvalue weighted by atomic mass is 32.1. The molecule has 7 heteroatoms. The van der Waals surface area contributed by atoms with Gasteiger partial charge >= 0.3 is 0 Å². The topological polar surface area (TPSA) is 54.3 Å². The van der Waals surface area contributed by atoms with Crippen LogP contribution in [0.1, 0.15) is 22.7 Å².